The van der Waals surface area contributed by atoms with Gasteiger partial charge in [0.1, 0.15) is 11.1 Å². The van der Waals surface area contributed by atoms with Crippen molar-refractivity contribution in [2.45, 2.75) is 13.0 Å². The third-order valence-electron chi connectivity index (χ3n) is 5.10. The van der Waals surface area contributed by atoms with Gasteiger partial charge < -0.3 is 9.84 Å². The first-order chi connectivity index (χ1) is 13.6. The molecule has 5 nitrogen and oxygen atoms in total. The first-order valence-electron chi connectivity index (χ1n) is 9.65. The van der Waals surface area contributed by atoms with Crippen LogP contribution in [0.15, 0.2) is 53.8 Å². The fraction of sp³-hybridized carbons (Fsp3) is 0.391. The van der Waals surface area contributed by atoms with Crippen LogP contribution >= 0.6 is 7.71 Å². The highest BCUT2D eigenvalue weighted by Gasteiger charge is 2.52. The molecule has 0 aliphatic heterocycles. The van der Waals surface area contributed by atoms with Gasteiger partial charge in [-0.2, -0.15) is 14.0 Å². The lowest BCUT2D eigenvalue weighted by atomic mass is 10.1. The molecule has 0 saturated carbocycles. The highest BCUT2D eigenvalue weighted by Crippen LogP contribution is 2.72. The second-order valence-corrected chi connectivity index (χ2v) is 11.8. The van der Waals surface area contributed by atoms with Crippen molar-refractivity contribution in [2.75, 3.05) is 49.4 Å². The van der Waals surface area contributed by atoms with Crippen molar-refractivity contribution in [3.8, 4) is 5.75 Å². The second-order valence-electron chi connectivity index (χ2n) is 7.74. The number of ether oxygens (including phenoxy) is 1. The van der Waals surface area contributed by atoms with Crippen LogP contribution in [0.5, 0.6) is 5.75 Å². The van der Waals surface area contributed by atoms with E-state index in [-0.39, 0.29) is 0 Å². The molecule has 0 heterocycles. The minimum absolute atomic E-state index is 0.735. The summed E-state index contributed by atoms with van der Waals surface area (Å²) in [5.41, 5.74) is 2.97. The average Bonchev–Trinajstić information content (AvgIpc) is 2.68. The van der Waals surface area contributed by atoms with E-state index in [0.29, 0.717) is 0 Å². The molecule has 1 atom stereocenters. The Hall–Kier alpha value is -1.75. The molecule has 0 saturated heterocycles. The summed E-state index contributed by atoms with van der Waals surface area (Å²) in [6.45, 7) is 2.07. The number of hydrogen-bond donors (Lipinski definition) is 0. The van der Waals surface area contributed by atoms with E-state index >= 15 is 0 Å². The van der Waals surface area contributed by atoms with Gasteiger partial charge in [0, 0.05) is 42.3 Å². The van der Waals surface area contributed by atoms with Crippen molar-refractivity contribution in [2.24, 2.45) is 0 Å². The van der Waals surface area contributed by atoms with E-state index in [2.05, 4.69) is 93.6 Å². The van der Waals surface area contributed by atoms with Crippen LogP contribution in [0.25, 0.3) is 6.08 Å². The third-order valence-corrected chi connectivity index (χ3v) is 9.50. The molecule has 0 radical (unpaired) electrons. The quantitative estimate of drug-likeness (QED) is 0.612. The SMILES string of the molecule is COc1ccc(C([O-])/C(=C\c2ccc(C)cc2)[P+](N(C)C)(N(C)C)N(C)C)cc1. The number of methoxy groups -OCH3 is 1. The number of nitrogens with zero attached hydrogens (tertiary/aromatic N) is 3. The lowest BCUT2D eigenvalue weighted by Crippen LogP contribution is -2.39. The van der Waals surface area contributed by atoms with Crippen LogP contribution in [0.3, 0.4) is 0 Å². The predicted octanol–water partition coefficient (Wildman–Crippen LogP) is 3.89. The van der Waals surface area contributed by atoms with Gasteiger partial charge in [-0.3, -0.25) is 0 Å². The summed E-state index contributed by atoms with van der Waals surface area (Å²) in [4.78, 5) is 0. The van der Waals surface area contributed by atoms with Gasteiger partial charge in [0.25, 0.3) is 7.71 Å². The van der Waals surface area contributed by atoms with Gasteiger partial charge in [0.05, 0.1) is 7.11 Å². The third kappa shape index (κ3) is 4.88. The van der Waals surface area contributed by atoms with E-state index in [1.54, 1.807) is 7.11 Å². The van der Waals surface area contributed by atoms with Gasteiger partial charge >= 0.3 is 0 Å². The molecule has 0 spiro atoms. The standard InChI is InChI=1S/C23H34N3O2P/c1-18-9-11-19(12-10-18)17-22(29(24(2)3,25(4)5)26(6)7)23(27)20-13-15-21(28-8)16-14-20/h9-17,23H,1-8H3/b22-17+. The van der Waals surface area contributed by atoms with Gasteiger partial charge in [-0.1, -0.05) is 47.5 Å². The monoisotopic (exact) mass is 415 g/mol. The van der Waals surface area contributed by atoms with Gasteiger partial charge in [-0.05, 0) is 36.8 Å². The first-order valence-corrected chi connectivity index (χ1v) is 11.3. The highest BCUT2D eigenvalue weighted by atomic mass is 31.2. The molecular formula is C23H34N3O2P. The van der Waals surface area contributed by atoms with Crippen molar-refractivity contribution >= 4 is 13.8 Å². The summed E-state index contributed by atoms with van der Waals surface area (Å²) in [6, 6.07) is 15.8. The smallest absolute Gasteiger partial charge is 0.255 e. The Kier molecular flexibility index (Phi) is 7.98. The fourth-order valence-electron chi connectivity index (χ4n) is 3.87. The zero-order chi connectivity index (χ0) is 21.8. The molecule has 0 N–H and O–H groups in total. The minimum atomic E-state index is -2.22. The Labute approximate surface area is 176 Å². The zero-order valence-corrected chi connectivity index (χ0v) is 19.8. The molecule has 2 rings (SSSR count). The summed E-state index contributed by atoms with van der Waals surface area (Å²) >= 11 is 0. The van der Waals surface area contributed by atoms with E-state index in [1.807, 2.05) is 24.3 Å². The summed E-state index contributed by atoms with van der Waals surface area (Å²) < 4.78 is 11.9. The predicted molar refractivity (Wildman–Crippen MR) is 123 cm³/mol. The van der Waals surface area contributed by atoms with Crippen LogP contribution in [0, 0.1) is 6.92 Å². The topological polar surface area (TPSA) is 42.0 Å². The summed E-state index contributed by atoms with van der Waals surface area (Å²) in [6.07, 6.45) is 1.08. The summed E-state index contributed by atoms with van der Waals surface area (Å²) in [5.74, 6) is 0.749. The lowest BCUT2D eigenvalue weighted by molar-refractivity contribution is -0.410. The maximum Gasteiger partial charge on any atom is 0.255 e. The Morgan fingerprint density at radius 1 is 0.862 bits per heavy atom. The number of benzene rings is 2. The van der Waals surface area contributed by atoms with Crippen LogP contribution in [-0.4, -0.2) is 63.4 Å². The molecule has 158 valence electrons. The van der Waals surface area contributed by atoms with E-state index < -0.39 is 13.8 Å². The lowest BCUT2D eigenvalue weighted by Gasteiger charge is -2.44. The molecule has 0 aromatic heterocycles. The Morgan fingerprint density at radius 2 is 1.34 bits per heavy atom. The van der Waals surface area contributed by atoms with Crippen LogP contribution < -0.4 is 9.84 Å². The molecular weight excluding hydrogens is 381 g/mol. The Morgan fingerprint density at radius 3 is 1.76 bits per heavy atom. The van der Waals surface area contributed by atoms with Gasteiger partial charge in [0.15, 0.2) is 0 Å². The van der Waals surface area contributed by atoms with Crippen molar-refractivity contribution in [1.82, 2.24) is 14.0 Å². The van der Waals surface area contributed by atoms with Gasteiger partial charge in [-0.25, -0.2) is 0 Å². The maximum absolute atomic E-state index is 13.9. The average molecular weight is 416 g/mol. The zero-order valence-electron chi connectivity index (χ0n) is 18.9. The molecule has 0 aliphatic rings. The van der Waals surface area contributed by atoms with Gasteiger partial charge in [-0.15, -0.1) is 0 Å². The molecule has 2 aromatic carbocycles. The molecule has 1 unspecified atom stereocenters. The largest absolute Gasteiger partial charge is 0.843 e. The van der Waals surface area contributed by atoms with Crippen molar-refractivity contribution in [3.05, 3.63) is 70.5 Å². The Balaban J connectivity index is 2.70. The highest BCUT2D eigenvalue weighted by molar-refractivity contribution is 7.73. The normalized spacial score (nSPS) is 14.0. The molecule has 0 aliphatic carbocycles. The molecule has 2 aromatic rings. The summed E-state index contributed by atoms with van der Waals surface area (Å²) in [5, 5.41) is 14.8. The number of rotatable bonds is 8. The molecule has 0 fully saturated rings. The summed E-state index contributed by atoms with van der Waals surface area (Å²) in [7, 11) is 11.7. The maximum atomic E-state index is 13.9. The van der Waals surface area contributed by atoms with Crippen LogP contribution in [0.1, 0.15) is 22.8 Å². The van der Waals surface area contributed by atoms with Crippen LogP contribution in [0.2, 0.25) is 0 Å². The van der Waals surface area contributed by atoms with Crippen LogP contribution in [0.4, 0.5) is 0 Å². The fourth-order valence-corrected chi connectivity index (χ4v) is 8.19. The molecule has 0 amide bonds. The number of hydrogen-bond acceptors (Lipinski definition) is 5. The van der Waals surface area contributed by atoms with Crippen molar-refractivity contribution in [1.29, 1.82) is 0 Å². The second kappa shape index (κ2) is 9.84. The van der Waals surface area contributed by atoms with E-state index in [1.165, 1.54) is 5.56 Å². The van der Waals surface area contributed by atoms with Crippen molar-refractivity contribution in [3.63, 3.8) is 0 Å². The van der Waals surface area contributed by atoms with E-state index in [0.717, 1.165) is 22.2 Å². The van der Waals surface area contributed by atoms with E-state index in [9.17, 15) is 5.11 Å². The van der Waals surface area contributed by atoms with Crippen molar-refractivity contribution < 1.29 is 9.84 Å². The molecule has 0 bridgehead atoms. The Bertz CT molecular complexity index is 793. The first kappa shape index (κ1) is 23.5. The number of aryl methyl sites for hydroxylation is 1. The van der Waals surface area contributed by atoms with E-state index in [4.69, 9.17) is 4.74 Å². The van der Waals surface area contributed by atoms with Gasteiger partial charge in [0.2, 0.25) is 0 Å². The van der Waals surface area contributed by atoms with Crippen LogP contribution in [-0.2, 0) is 0 Å². The molecule has 6 heteroatoms. The minimum Gasteiger partial charge on any atom is -0.843 e. The molecule has 29 heavy (non-hydrogen) atoms.